The number of halogens is 1. The van der Waals surface area contributed by atoms with Gasteiger partial charge >= 0.3 is 0 Å². The Hall–Kier alpha value is -2.59. The monoisotopic (exact) mass is 370 g/mol. The van der Waals surface area contributed by atoms with Crippen LogP contribution >= 0.6 is 11.6 Å². The minimum Gasteiger partial charge on any atom is -0.493 e. The van der Waals surface area contributed by atoms with E-state index in [1.54, 1.807) is 14.2 Å². The Bertz CT molecular complexity index is 854. The van der Waals surface area contributed by atoms with Crippen molar-refractivity contribution >= 4 is 17.3 Å². The van der Waals surface area contributed by atoms with E-state index in [-0.39, 0.29) is 0 Å². The van der Waals surface area contributed by atoms with Gasteiger partial charge in [0.05, 0.1) is 26.5 Å². The maximum atomic E-state index is 6.22. The van der Waals surface area contributed by atoms with Crippen LogP contribution in [-0.2, 0) is 6.54 Å². The van der Waals surface area contributed by atoms with E-state index in [1.165, 1.54) is 11.1 Å². The van der Waals surface area contributed by atoms with Crippen LogP contribution in [0.1, 0.15) is 22.3 Å². The maximum absolute atomic E-state index is 6.22. The quantitative estimate of drug-likeness (QED) is 0.769. The van der Waals surface area contributed by atoms with Crippen molar-refractivity contribution in [1.29, 1.82) is 0 Å². The number of benzene rings is 2. The minimum absolute atomic E-state index is 0.582. The first-order chi connectivity index (χ1) is 12.5. The van der Waals surface area contributed by atoms with Crippen LogP contribution in [0.3, 0.4) is 0 Å². The number of aryl methyl sites for hydroxylation is 2. The largest absolute Gasteiger partial charge is 0.493 e. The molecule has 0 unspecified atom stereocenters. The van der Waals surface area contributed by atoms with E-state index < -0.39 is 0 Å². The van der Waals surface area contributed by atoms with E-state index in [0.717, 1.165) is 16.8 Å². The van der Waals surface area contributed by atoms with E-state index in [0.29, 0.717) is 23.2 Å². The molecule has 4 nitrogen and oxygen atoms in total. The van der Waals surface area contributed by atoms with E-state index in [9.17, 15) is 0 Å². The van der Waals surface area contributed by atoms with Crippen LogP contribution in [0, 0.1) is 13.8 Å². The maximum Gasteiger partial charge on any atom is 0.161 e. The molecular formula is C21H23ClN2O2. The molecule has 3 rings (SSSR count). The van der Waals surface area contributed by atoms with Gasteiger partial charge in [-0.05, 0) is 55.8 Å². The predicted octanol–water partition coefficient (Wildman–Crippen LogP) is 4.76. The van der Waals surface area contributed by atoms with Crippen LogP contribution in [0.4, 0.5) is 0 Å². The topological polar surface area (TPSA) is 33.7 Å². The first-order valence-electron chi connectivity index (χ1n) is 8.41. The Labute approximate surface area is 159 Å². The average molecular weight is 371 g/mol. The second-order valence-corrected chi connectivity index (χ2v) is 6.74. The van der Waals surface area contributed by atoms with E-state index in [2.05, 4.69) is 37.5 Å². The number of rotatable bonds is 5. The Balaban J connectivity index is 1.93. The van der Waals surface area contributed by atoms with Gasteiger partial charge in [0.2, 0.25) is 0 Å². The van der Waals surface area contributed by atoms with Gasteiger partial charge < -0.3 is 9.47 Å². The summed E-state index contributed by atoms with van der Waals surface area (Å²) in [5.74, 6) is 1.42. The summed E-state index contributed by atoms with van der Waals surface area (Å²) >= 11 is 6.22. The molecule has 2 aromatic rings. The molecule has 0 aromatic heterocycles. The molecule has 0 spiro atoms. The lowest BCUT2D eigenvalue weighted by Crippen LogP contribution is -2.36. The van der Waals surface area contributed by atoms with E-state index in [4.69, 9.17) is 21.1 Å². The summed E-state index contributed by atoms with van der Waals surface area (Å²) in [4.78, 5) is 0. The van der Waals surface area contributed by atoms with Gasteiger partial charge in [0.25, 0.3) is 0 Å². The number of hydrazine groups is 1. The highest BCUT2D eigenvalue weighted by molar-refractivity contribution is 6.29. The standard InChI is InChI=1S/C21H23ClN2O2/c1-14-9-15(2)11-17(10-14)18-6-8-21(22)23-24(18)13-16-5-7-19(25-3)20(12-16)26-4/h5-12,23H,13H2,1-4H3. The summed E-state index contributed by atoms with van der Waals surface area (Å²) in [5, 5.41) is 2.62. The number of ether oxygens (including phenoxy) is 2. The molecule has 26 heavy (non-hydrogen) atoms. The minimum atomic E-state index is 0.582. The molecule has 0 amide bonds. The van der Waals surface area contributed by atoms with Gasteiger partial charge in [0.1, 0.15) is 5.16 Å². The van der Waals surface area contributed by atoms with Crippen LogP contribution in [0.2, 0.25) is 0 Å². The lowest BCUT2D eigenvalue weighted by atomic mass is 10.0. The van der Waals surface area contributed by atoms with Crippen molar-refractivity contribution in [2.24, 2.45) is 0 Å². The molecule has 0 fully saturated rings. The fourth-order valence-electron chi connectivity index (χ4n) is 3.13. The van der Waals surface area contributed by atoms with Crippen LogP contribution in [0.5, 0.6) is 11.5 Å². The zero-order valence-corrected chi connectivity index (χ0v) is 16.2. The highest BCUT2D eigenvalue weighted by Crippen LogP contribution is 2.30. The van der Waals surface area contributed by atoms with Crippen molar-refractivity contribution in [3.63, 3.8) is 0 Å². The van der Waals surface area contributed by atoms with E-state index >= 15 is 0 Å². The smallest absolute Gasteiger partial charge is 0.161 e. The number of methoxy groups -OCH3 is 2. The SMILES string of the molecule is COc1ccc(CN2NC(Cl)=CC=C2c2cc(C)cc(C)c2)cc1OC. The number of allylic oxidation sites excluding steroid dienone is 2. The second-order valence-electron chi connectivity index (χ2n) is 6.33. The van der Waals surface area contributed by atoms with Crippen molar-refractivity contribution < 1.29 is 9.47 Å². The van der Waals surface area contributed by atoms with Crippen LogP contribution in [-0.4, -0.2) is 19.2 Å². The van der Waals surface area contributed by atoms with Crippen LogP contribution in [0.15, 0.2) is 53.7 Å². The summed E-state index contributed by atoms with van der Waals surface area (Å²) in [5.41, 5.74) is 8.99. The van der Waals surface area contributed by atoms with Gasteiger partial charge in [-0.25, -0.2) is 0 Å². The van der Waals surface area contributed by atoms with Gasteiger partial charge in [-0.2, -0.15) is 0 Å². The molecule has 0 aliphatic carbocycles. The van der Waals surface area contributed by atoms with E-state index in [1.807, 2.05) is 35.4 Å². The molecule has 0 saturated heterocycles. The summed E-state index contributed by atoms with van der Waals surface area (Å²) in [6, 6.07) is 12.4. The van der Waals surface area contributed by atoms with Gasteiger partial charge in [-0.3, -0.25) is 10.4 Å². The molecule has 1 aliphatic rings. The lowest BCUT2D eigenvalue weighted by molar-refractivity contribution is 0.318. The molecule has 5 heteroatoms. The highest BCUT2D eigenvalue weighted by atomic mass is 35.5. The Morgan fingerprint density at radius 2 is 1.62 bits per heavy atom. The average Bonchev–Trinajstić information content (AvgIpc) is 2.61. The Morgan fingerprint density at radius 3 is 2.27 bits per heavy atom. The van der Waals surface area contributed by atoms with Gasteiger partial charge in [-0.1, -0.05) is 34.9 Å². The first kappa shape index (κ1) is 18.2. The molecule has 0 bridgehead atoms. The number of nitrogens with zero attached hydrogens (tertiary/aromatic N) is 1. The van der Waals surface area contributed by atoms with Gasteiger partial charge in [-0.15, -0.1) is 0 Å². The number of nitrogens with one attached hydrogen (secondary N) is 1. The molecule has 136 valence electrons. The van der Waals surface area contributed by atoms with Crippen LogP contribution in [0.25, 0.3) is 5.70 Å². The summed E-state index contributed by atoms with van der Waals surface area (Å²) in [7, 11) is 3.27. The molecule has 1 aliphatic heterocycles. The third-order valence-electron chi connectivity index (χ3n) is 4.23. The summed E-state index contributed by atoms with van der Waals surface area (Å²) in [6.45, 7) is 4.84. The zero-order chi connectivity index (χ0) is 18.7. The first-order valence-corrected chi connectivity index (χ1v) is 8.79. The molecule has 0 saturated carbocycles. The third-order valence-corrected chi connectivity index (χ3v) is 4.44. The number of hydrogen-bond acceptors (Lipinski definition) is 4. The molecule has 0 atom stereocenters. The van der Waals surface area contributed by atoms with Crippen LogP contribution < -0.4 is 14.9 Å². The molecule has 0 radical (unpaired) electrons. The Morgan fingerprint density at radius 1 is 0.923 bits per heavy atom. The van der Waals surface area contributed by atoms with Crippen molar-refractivity contribution in [2.75, 3.05) is 14.2 Å². The molecular weight excluding hydrogens is 348 g/mol. The predicted molar refractivity (Wildman–Crippen MR) is 106 cm³/mol. The fraction of sp³-hybridized carbons (Fsp3) is 0.238. The molecule has 1 N–H and O–H groups in total. The normalized spacial score (nSPS) is 13.7. The van der Waals surface area contributed by atoms with Crippen molar-refractivity contribution in [2.45, 2.75) is 20.4 Å². The Kier molecular flexibility index (Phi) is 5.43. The van der Waals surface area contributed by atoms with Crippen molar-refractivity contribution in [3.05, 3.63) is 76.0 Å². The zero-order valence-electron chi connectivity index (χ0n) is 15.5. The summed E-state index contributed by atoms with van der Waals surface area (Å²) < 4.78 is 10.7. The molecule has 1 heterocycles. The lowest BCUT2D eigenvalue weighted by Gasteiger charge is -2.31. The fourth-order valence-corrected chi connectivity index (χ4v) is 3.29. The number of hydrogen-bond donors (Lipinski definition) is 1. The van der Waals surface area contributed by atoms with Gasteiger partial charge in [0.15, 0.2) is 11.5 Å². The van der Waals surface area contributed by atoms with Gasteiger partial charge in [0, 0.05) is 5.56 Å². The third kappa shape index (κ3) is 3.97. The summed E-state index contributed by atoms with van der Waals surface area (Å²) in [6.07, 6.45) is 3.91. The highest BCUT2D eigenvalue weighted by Gasteiger charge is 2.17. The molecule has 2 aromatic carbocycles. The van der Waals surface area contributed by atoms with Crippen molar-refractivity contribution in [3.8, 4) is 11.5 Å². The van der Waals surface area contributed by atoms with Crippen molar-refractivity contribution in [1.82, 2.24) is 10.4 Å². The second kappa shape index (κ2) is 7.75.